The van der Waals surface area contributed by atoms with Crippen LogP contribution in [0.4, 0.5) is 9.93 Å². The number of amides is 1. The first-order valence-electron chi connectivity index (χ1n) is 4.09. The maximum Gasteiger partial charge on any atom is 0.436 e. The molecule has 0 aliphatic rings. The third-order valence-corrected chi connectivity index (χ3v) is 2.38. The summed E-state index contributed by atoms with van der Waals surface area (Å²) in [6, 6.07) is 0. The standard InChI is InChI=1S/C8H11N2O2S/c1-3-6-5-9-7(13-6)10-8(11)12-4-2/h5H,3-4H2,1-2H3. The largest absolute Gasteiger partial charge is 0.448 e. The lowest BCUT2D eigenvalue weighted by atomic mass is 10.4. The van der Waals surface area contributed by atoms with Crippen LogP contribution in [0.5, 0.6) is 0 Å². The third kappa shape index (κ3) is 3.02. The predicted molar refractivity (Wildman–Crippen MR) is 50.3 cm³/mol. The third-order valence-electron chi connectivity index (χ3n) is 1.34. The summed E-state index contributed by atoms with van der Waals surface area (Å²) in [5, 5.41) is 4.13. The van der Waals surface area contributed by atoms with E-state index < -0.39 is 6.09 Å². The average Bonchev–Trinajstić information content (AvgIpc) is 2.52. The highest BCUT2D eigenvalue weighted by atomic mass is 32.1. The molecule has 0 fully saturated rings. The van der Waals surface area contributed by atoms with Gasteiger partial charge in [0.1, 0.15) is 0 Å². The molecular formula is C8H11N2O2S. The minimum absolute atomic E-state index is 0.342. The SMILES string of the molecule is CCOC(=O)[N]c1ncc(CC)s1. The van der Waals surface area contributed by atoms with Gasteiger partial charge in [-0.1, -0.05) is 18.3 Å². The van der Waals surface area contributed by atoms with Crippen LogP contribution < -0.4 is 5.32 Å². The summed E-state index contributed by atoms with van der Waals surface area (Å²) in [7, 11) is 0. The Morgan fingerprint density at radius 3 is 3.00 bits per heavy atom. The van der Waals surface area contributed by atoms with Gasteiger partial charge in [0, 0.05) is 11.1 Å². The van der Waals surface area contributed by atoms with Gasteiger partial charge in [-0.05, 0) is 13.3 Å². The van der Waals surface area contributed by atoms with E-state index in [0.29, 0.717) is 11.7 Å². The molecular weight excluding hydrogens is 188 g/mol. The van der Waals surface area contributed by atoms with Crippen LogP contribution in [-0.4, -0.2) is 17.7 Å². The smallest absolute Gasteiger partial charge is 0.436 e. The van der Waals surface area contributed by atoms with E-state index >= 15 is 0 Å². The van der Waals surface area contributed by atoms with Gasteiger partial charge in [-0.3, -0.25) is 0 Å². The number of aromatic nitrogens is 1. The van der Waals surface area contributed by atoms with E-state index in [1.54, 1.807) is 13.1 Å². The number of ether oxygens (including phenoxy) is 1. The topological polar surface area (TPSA) is 53.3 Å². The Morgan fingerprint density at radius 1 is 1.69 bits per heavy atom. The molecule has 0 saturated carbocycles. The van der Waals surface area contributed by atoms with Crippen LogP contribution in [0.3, 0.4) is 0 Å². The molecule has 0 aromatic carbocycles. The van der Waals surface area contributed by atoms with Crippen molar-refractivity contribution < 1.29 is 9.53 Å². The van der Waals surface area contributed by atoms with Crippen LogP contribution in [0.1, 0.15) is 18.7 Å². The van der Waals surface area contributed by atoms with Gasteiger partial charge in [0.15, 0.2) is 0 Å². The lowest BCUT2D eigenvalue weighted by Crippen LogP contribution is -2.11. The Bertz CT molecular complexity index is 285. The maximum atomic E-state index is 10.9. The molecule has 1 heterocycles. The zero-order valence-corrected chi connectivity index (χ0v) is 8.43. The number of thiazole rings is 1. The van der Waals surface area contributed by atoms with Gasteiger partial charge in [0.25, 0.3) is 0 Å². The summed E-state index contributed by atoms with van der Waals surface area (Å²) in [5.74, 6) is 0. The molecule has 0 bridgehead atoms. The van der Waals surface area contributed by atoms with Crippen molar-refractivity contribution in [1.29, 1.82) is 0 Å². The molecule has 71 valence electrons. The van der Waals surface area contributed by atoms with Crippen LogP contribution >= 0.6 is 11.3 Å². The number of carbonyl (C=O) groups is 1. The summed E-state index contributed by atoms with van der Waals surface area (Å²) in [6.45, 7) is 4.11. The monoisotopic (exact) mass is 199 g/mol. The second-order valence-corrected chi connectivity index (χ2v) is 3.37. The zero-order valence-electron chi connectivity index (χ0n) is 7.61. The second-order valence-electron chi connectivity index (χ2n) is 2.27. The van der Waals surface area contributed by atoms with E-state index in [1.807, 2.05) is 6.92 Å². The van der Waals surface area contributed by atoms with Crippen molar-refractivity contribution in [2.75, 3.05) is 6.61 Å². The van der Waals surface area contributed by atoms with Crippen molar-refractivity contribution in [1.82, 2.24) is 10.3 Å². The zero-order chi connectivity index (χ0) is 9.68. The van der Waals surface area contributed by atoms with Gasteiger partial charge in [-0.2, -0.15) is 0 Å². The molecule has 1 rings (SSSR count). The van der Waals surface area contributed by atoms with Crippen molar-refractivity contribution in [3.8, 4) is 0 Å². The van der Waals surface area contributed by atoms with Crippen molar-refractivity contribution in [3.63, 3.8) is 0 Å². The van der Waals surface area contributed by atoms with Crippen molar-refractivity contribution in [2.24, 2.45) is 0 Å². The Hall–Kier alpha value is -1.10. The summed E-state index contributed by atoms with van der Waals surface area (Å²) < 4.78 is 4.65. The quantitative estimate of drug-likeness (QED) is 0.749. The number of nitrogens with zero attached hydrogens (tertiary/aromatic N) is 2. The van der Waals surface area contributed by atoms with E-state index in [2.05, 4.69) is 15.0 Å². The van der Waals surface area contributed by atoms with Gasteiger partial charge in [0.05, 0.1) is 6.61 Å². The summed E-state index contributed by atoms with van der Waals surface area (Å²) in [5.41, 5.74) is 0. The molecule has 0 saturated heterocycles. The molecule has 5 heteroatoms. The minimum Gasteiger partial charge on any atom is -0.448 e. The van der Waals surface area contributed by atoms with Gasteiger partial charge < -0.3 is 4.74 Å². The minimum atomic E-state index is -0.570. The number of aryl methyl sites for hydroxylation is 1. The molecule has 0 aliphatic heterocycles. The molecule has 1 aromatic heterocycles. The Morgan fingerprint density at radius 2 is 2.46 bits per heavy atom. The van der Waals surface area contributed by atoms with Crippen LogP contribution in [0.15, 0.2) is 6.20 Å². The van der Waals surface area contributed by atoms with Gasteiger partial charge in [-0.15, -0.1) is 5.32 Å². The number of carbonyl (C=O) groups excluding carboxylic acids is 1. The fourth-order valence-corrected chi connectivity index (χ4v) is 1.46. The molecule has 4 nitrogen and oxygen atoms in total. The molecule has 1 amide bonds. The Kier molecular flexibility index (Phi) is 3.70. The lowest BCUT2D eigenvalue weighted by molar-refractivity contribution is 0.156. The van der Waals surface area contributed by atoms with Crippen molar-refractivity contribution in [2.45, 2.75) is 20.3 Å². The lowest BCUT2D eigenvalue weighted by Gasteiger charge is -1.96. The molecule has 0 N–H and O–H groups in total. The molecule has 13 heavy (non-hydrogen) atoms. The molecule has 0 unspecified atom stereocenters. The van der Waals surface area contributed by atoms with Crippen LogP contribution in [0.2, 0.25) is 0 Å². The van der Waals surface area contributed by atoms with Crippen LogP contribution in [0, 0.1) is 0 Å². The Balaban J connectivity index is 2.49. The first-order valence-corrected chi connectivity index (χ1v) is 4.91. The number of rotatable bonds is 3. The highest BCUT2D eigenvalue weighted by molar-refractivity contribution is 7.15. The van der Waals surface area contributed by atoms with Crippen molar-refractivity contribution >= 4 is 22.6 Å². The highest BCUT2D eigenvalue weighted by Crippen LogP contribution is 2.18. The average molecular weight is 199 g/mol. The predicted octanol–water partition coefficient (Wildman–Crippen LogP) is 2.10. The molecule has 0 aliphatic carbocycles. The highest BCUT2D eigenvalue weighted by Gasteiger charge is 2.08. The molecule has 0 spiro atoms. The van der Waals surface area contributed by atoms with E-state index in [1.165, 1.54) is 11.3 Å². The fourth-order valence-electron chi connectivity index (χ4n) is 0.746. The van der Waals surface area contributed by atoms with Crippen LogP contribution in [-0.2, 0) is 11.2 Å². The van der Waals surface area contributed by atoms with E-state index in [0.717, 1.165) is 11.3 Å². The van der Waals surface area contributed by atoms with Crippen molar-refractivity contribution in [3.05, 3.63) is 11.1 Å². The summed E-state index contributed by atoms with van der Waals surface area (Å²) in [4.78, 5) is 16.0. The second kappa shape index (κ2) is 4.81. The first kappa shape index (κ1) is 9.98. The van der Waals surface area contributed by atoms with E-state index in [9.17, 15) is 4.79 Å². The van der Waals surface area contributed by atoms with E-state index in [-0.39, 0.29) is 0 Å². The normalized spacial score (nSPS) is 9.69. The molecule has 0 atom stereocenters. The maximum absolute atomic E-state index is 10.9. The van der Waals surface area contributed by atoms with Gasteiger partial charge in [0.2, 0.25) is 5.13 Å². The van der Waals surface area contributed by atoms with Crippen LogP contribution in [0.25, 0.3) is 0 Å². The molecule has 1 radical (unpaired) electrons. The molecule has 1 aromatic rings. The fraction of sp³-hybridized carbons (Fsp3) is 0.500. The first-order chi connectivity index (χ1) is 6.26. The van der Waals surface area contributed by atoms with Gasteiger partial charge >= 0.3 is 6.09 Å². The number of hydrogen-bond acceptors (Lipinski definition) is 4. The van der Waals surface area contributed by atoms with E-state index in [4.69, 9.17) is 0 Å². The Labute approximate surface area is 80.9 Å². The number of hydrogen-bond donors (Lipinski definition) is 0. The summed E-state index contributed by atoms with van der Waals surface area (Å²) in [6.07, 6.45) is 2.07. The summed E-state index contributed by atoms with van der Waals surface area (Å²) >= 11 is 1.41. The van der Waals surface area contributed by atoms with Gasteiger partial charge in [-0.25, -0.2) is 9.78 Å².